The van der Waals surface area contributed by atoms with E-state index in [2.05, 4.69) is 10.2 Å². The molecule has 4 rings (SSSR count). The summed E-state index contributed by atoms with van der Waals surface area (Å²) in [5.74, 6) is -0.945. The van der Waals surface area contributed by atoms with Crippen LogP contribution in [0.5, 0.6) is 5.88 Å². The van der Waals surface area contributed by atoms with Gasteiger partial charge in [0, 0.05) is 6.07 Å². The topological polar surface area (TPSA) is 81.6 Å². The molecule has 0 unspecified atom stereocenters. The van der Waals surface area contributed by atoms with E-state index in [1.54, 1.807) is 12.1 Å². The van der Waals surface area contributed by atoms with Crippen LogP contribution in [-0.4, -0.2) is 40.8 Å². The van der Waals surface area contributed by atoms with Crippen LogP contribution in [0.15, 0.2) is 24.3 Å². The lowest BCUT2D eigenvalue weighted by Gasteiger charge is -2.23. The molecule has 0 N–H and O–H groups in total. The molecule has 4 atom stereocenters. The highest BCUT2D eigenvalue weighted by atomic mass is 16.5. The maximum Gasteiger partial charge on any atom is 0.242 e. The second-order valence-electron chi connectivity index (χ2n) is 5.57. The van der Waals surface area contributed by atoms with Gasteiger partial charge in [0.1, 0.15) is 0 Å². The molecule has 21 heavy (non-hydrogen) atoms. The molecular weight excluding hydrogens is 274 g/mol. The maximum atomic E-state index is 12.6. The Kier molecular flexibility index (Phi) is 2.30. The van der Waals surface area contributed by atoms with Gasteiger partial charge in [-0.15, -0.1) is 10.2 Å². The normalized spacial score (nSPS) is 36.5. The third kappa shape index (κ3) is 1.46. The summed E-state index contributed by atoms with van der Waals surface area (Å²) in [5, 5.41) is 7.71. The van der Waals surface area contributed by atoms with Gasteiger partial charge in [0.05, 0.1) is 30.7 Å². The lowest BCUT2D eigenvalue weighted by molar-refractivity contribution is -0.126. The Bertz CT molecular complexity index is 671. The number of anilines is 1. The van der Waals surface area contributed by atoms with Crippen molar-refractivity contribution in [2.24, 2.45) is 11.8 Å². The summed E-state index contributed by atoms with van der Waals surface area (Å²) in [6.07, 6.45) is 3.40. The number of carbonyl (C=O) groups is 2. The Morgan fingerprint density at radius 1 is 1.29 bits per heavy atom. The first-order valence-corrected chi connectivity index (χ1v) is 6.68. The molecule has 7 heteroatoms. The van der Waals surface area contributed by atoms with Crippen LogP contribution < -0.4 is 9.64 Å². The zero-order valence-electron chi connectivity index (χ0n) is 11.5. The van der Waals surface area contributed by atoms with Gasteiger partial charge < -0.3 is 9.47 Å². The van der Waals surface area contributed by atoms with Gasteiger partial charge in [0.15, 0.2) is 5.82 Å². The second kappa shape index (κ2) is 3.88. The van der Waals surface area contributed by atoms with Crippen molar-refractivity contribution in [3.05, 3.63) is 24.3 Å². The number of aromatic nitrogens is 2. The third-order valence-electron chi connectivity index (χ3n) is 4.39. The van der Waals surface area contributed by atoms with Crippen molar-refractivity contribution >= 4 is 17.6 Å². The van der Waals surface area contributed by atoms with Crippen LogP contribution >= 0.6 is 0 Å². The number of imide groups is 1. The lowest BCUT2D eigenvalue weighted by atomic mass is 9.78. The first-order valence-electron chi connectivity index (χ1n) is 6.68. The molecule has 2 amide bonds. The third-order valence-corrected chi connectivity index (χ3v) is 4.39. The van der Waals surface area contributed by atoms with Gasteiger partial charge in [-0.1, -0.05) is 12.2 Å². The summed E-state index contributed by atoms with van der Waals surface area (Å²) in [6, 6.07) is 3.13. The molecule has 1 aromatic rings. The summed E-state index contributed by atoms with van der Waals surface area (Å²) in [7, 11) is 1.47. The molecule has 0 radical (unpaired) electrons. The Hall–Kier alpha value is -2.28. The first kappa shape index (κ1) is 12.5. The zero-order valence-corrected chi connectivity index (χ0v) is 11.5. The van der Waals surface area contributed by atoms with Gasteiger partial charge in [-0.2, -0.15) is 0 Å². The Morgan fingerprint density at radius 2 is 2.10 bits per heavy atom. The number of fused-ring (bicyclic) bond motifs is 5. The molecule has 3 aliphatic rings. The summed E-state index contributed by atoms with van der Waals surface area (Å²) < 4.78 is 10.7. The molecule has 0 spiro atoms. The molecule has 108 valence electrons. The van der Waals surface area contributed by atoms with Crippen LogP contribution in [-0.2, 0) is 14.3 Å². The van der Waals surface area contributed by atoms with Gasteiger partial charge in [-0.25, -0.2) is 4.90 Å². The van der Waals surface area contributed by atoms with E-state index in [1.807, 2.05) is 19.1 Å². The van der Waals surface area contributed by atoms with Gasteiger partial charge in [-0.05, 0) is 13.0 Å². The summed E-state index contributed by atoms with van der Waals surface area (Å²) >= 11 is 0. The maximum absolute atomic E-state index is 12.6. The monoisotopic (exact) mass is 287 g/mol. The largest absolute Gasteiger partial charge is 0.480 e. The van der Waals surface area contributed by atoms with Crippen LogP contribution in [0.3, 0.4) is 0 Å². The highest BCUT2D eigenvalue weighted by Crippen LogP contribution is 2.51. The minimum Gasteiger partial charge on any atom is -0.480 e. The fourth-order valence-electron chi connectivity index (χ4n) is 3.42. The summed E-state index contributed by atoms with van der Waals surface area (Å²) in [4.78, 5) is 26.3. The van der Waals surface area contributed by atoms with Crippen molar-refractivity contribution in [3.8, 4) is 5.88 Å². The molecule has 2 saturated heterocycles. The standard InChI is InChI=1S/C14H13N3O4/c1-14-6-5-7(21-14)10-11(14)13(19)17(12(10)18)8-3-4-9(20-2)16-15-8/h3-7,10-11H,1-2H3/t7-,10+,11+,14-/m1/s1. The van der Waals surface area contributed by atoms with Crippen molar-refractivity contribution in [1.82, 2.24) is 10.2 Å². The van der Waals surface area contributed by atoms with Crippen molar-refractivity contribution in [2.45, 2.75) is 18.6 Å². The van der Waals surface area contributed by atoms with Crippen molar-refractivity contribution in [3.63, 3.8) is 0 Å². The fraction of sp³-hybridized carbons (Fsp3) is 0.429. The van der Waals surface area contributed by atoms with E-state index in [4.69, 9.17) is 9.47 Å². The van der Waals surface area contributed by atoms with Crippen molar-refractivity contribution in [1.29, 1.82) is 0 Å². The quantitative estimate of drug-likeness (QED) is 0.575. The molecule has 3 aliphatic heterocycles. The van der Waals surface area contributed by atoms with E-state index >= 15 is 0 Å². The van der Waals surface area contributed by atoms with Gasteiger partial charge >= 0.3 is 0 Å². The van der Waals surface area contributed by atoms with Crippen LogP contribution in [0.1, 0.15) is 6.92 Å². The minimum absolute atomic E-state index is 0.225. The van der Waals surface area contributed by atoms with Gasteiger partial charge in [0.2, 0.25) is 17.7 Å². The number of nitrogens with zero attached hydrogens (tertiary/aromatic N) is 3. The van der Waals surface area contributed by atoms with E-state index in [0.29, 0.717) is 5.88 Å². The molecule has 2 fully saturated rings. The molecule has 4 heterocycles. The number of carbonyl (C=O) groups excluding carboxylic acids is 2. The minimum atomic E-state index is -0.698. The number of methoxy groups -OCH3 is 1. The number of hydrogen-bond acceptors (Lipinski definition) is 6. The second-order valence-corrected chi connectivity index (χ2v) is 5.57. The molecular formula is C14H13N3O4. The SMILES string of the molecule is COc1ccc(N2C(=O)[C@@H]3[C@@H](C2=O)[C@@]2(C)C=C[C@H]3O2)nn1. The molecule has 0 saturated carbocycles. The molecule has 0 aromatic carbocycles. The average molecular weight is 287 g/mol. The smallest absolute Gasteiger partial charge is 0.242 e. The molecule has 1 aromatic heterocycles. The van der Waals surface area contributed by atoms with Crippen LogP contribution in [0.4, 0.5) is 5.82 Å². The van der Waals surface area contributed by atoms with E-state index < -0.39 is 17.4 Å². The predicted octanol–water partition coefficient (Wildman–Crippen LogP) is 0.318. The number of ether oxygens (including phenoxy) is 2. The van der Waals surface area contributed by atoms with Crippen molar-refractivity contribution in [2.75, 3.05) is 12.0 Å². The number of hydrogen-bond donors (Lipinski definition) is 0. The van der Waals surface area contributed by atoms with Gasteiger partial charge in [0.25, 0.3) is 0 Å². The van der Waals surface area contributed by atoms with E-state index in [1.165, 1.54) is 7.11 Å². The highest BCUT2D eigenvalue weighted by molar-refractivity contribution is 6.22. The first-order chi connectivity index (χ1) is 10.0. The van der Waals surface area contributed by atoms with Crippen LogP contribution in [0.2, 0.25) is 0 Å². The molecule has 7 nitrogen and oxygen atoms in total. The molecule has 2 bridgehead atoms. The Labute approximate surface area is 120 Å². The molecule has 0 aliphatic carbocycles. The van der Waals surface area contributed by atoms with E-state index in [0.717, 1.165) is 4.90 Å². The number of rotatable bonds is 2. The Morgan fingerprint density at radius 3 is 2.71 bits per heavy atom. The van der Waals surface area contributed by atoms with Crippen LogP contribution in [0, 0.1) is 11.8 Å². The predicted molar refractivity (Wildman–Crippen MR) is 70.5 cm³/mol. The van der Waals surface area contributed by atoms with E-state index in [-0.39, 0.29) is 23.7 Å². The van der Waals surface area contributed by atoms with E-state index in [9.17, 15) is 9.59 Å². The fourth-order valence-corrected chi connectivity index (χ4v) is 3.42. The Balaban J connectivity index is 1.72. The van der Waals surface area contributed by atoms with Crippen LogP contribution in [0.25, 0.3) is 0 Å². The highest BCUT2D eigenvalue weighted by Gasteiger charge is 2.66. The average Bonchev–Trinajstić information content (AvgIpc) is 3.09. The summed E-state index contributed by atoms with van der Waals surface area (Å²) in [6.45, 7) is 1.84. The van der Waals surface area contributed by atoms with Crippen molar-refractivity contribution < 1.29 is 19.1 Å². The number of amides is 2. The van der Waals surface area contributed by atoms with Gasteiger partial charge in [-0.3, -0.25) is 9.59 Å². The zero-order chi connectivity index (χ0) is 14.8. The summed E-state index contributed by atoms with van der Waals surface area (Å²) in [5.41, 5.74) is -0.698. The lowest BCUT2D eigenvalue weighted by Crippen LogP contribution is -2.39.